The molecule has 0 spiro atoms. The standard InChI is InChI=1S/C26H27ClF2N4O2S/c27-24-18(19(28)5-6-20(24)29)15-35-21-12-16(13-31-25(21)30)22-7-8-23(36-22)26(34)33-11-3-4-17(33)14-32-9-1-2-10-32/h5-8,12-13,17H,1-4,9-11,14-15H2,(H2,30,31). The molecule has 1 atom stereocenters. The Labute approximate surface area is 217 Å². The van der Waals surface area contributed by atoms with E-state index in [0.717, 1.165) is 56.0 Å². The zero-order chi connectivity index (χ0) is 25.2. The third-order valence-corrected chi connectivity index (χ3v) is 8.33. The molecule has 2 aliphatic heterocycles. The van der Waals surface area contributed by atoms with Crippen molar-refractivity contribution in [3.63, 3.8) is 0 Å². The van der Waals surface area contributed by atoms with Gasteiger partial charge in [-0.25, -0.2) is 13.8 Å². The molecular weight excluding hydrogens is 506 g/mol. The van der Waals surface area contributed by atoms with Gasteiger partial charge in [-0.15, -0.1) is 11.3 Å². The van der Waals surface area contributed by atoms with E-state index in [9.17, 15) is 13.6 Å². The Hall–Kier alpha value is -2.75. The summed E-state index contributed by atoms with van der Waals surface area (Å²) in [5, 5.41) is -0.330. The Kier molecular flexibility index (Phi) is 7.41. The third kappa shape index (κ3) is 5.19. The van der Waals surface area contributed by atoms with Crippen molar-refractivity contribution >= 4 is 34.7 Å². The van der Waals surface area contributed by atoms with Crippen LogP contribution in [0.5, 0.6) is 5.75 Å². The number of hydrogen-bond acceptors (Lipinski definition) is 6. The van der Waals surface area contributed by atoms with E-state index >= 15 is 0 Å². The van der Waals surface area contributed by atoms with E-state index in [4.69, 9.17) is 22.1 Å². The summed E-state index contributed by atoms with van der Waals surface area (Å²) < 4.78 is 33.5. The Balaban J connectivity index is 1.30. The lowest BCUT2D eigenvalue weighted by Gasteiger charge is -2.28. The highest BCUT2D eigenvalue weighted by molar-refractivity contribution is 7.17. The van der Waals surface area contributed by atoms with E-state index in [1.54, 1.807) is 12.3 Å². The molecule has 5 rings (SSSR count). The highest BCUT2D eigenvalue weighted by Crippen LogP contribution is 2.34. The Morgan fingerprint density at radius 1 is 1.14 bits per heavy atom. The first-order valence-corrected chi connectivity index (χ1v) is 13.2. The molecule has 1 aromatic carbocycles. The molecule has 0 saturated carbocycles. The quantitative estimate of drug-likeness (QED) is 0.401. The molecule has 6 nitrogen and oxygen atoms in total. The van der Waals surface area contributed by atoms with Gasteiger partial charge in [-0.1, -0.05) is 11.6 Å². The van der Waals surface area contributed by atoms with Crippen LogP contribution in [-0.4, -0.2) is 52.9 Å². The van der Waals surface area contributed by atoms with Gasteiger partial charge in [-0.2, -0.15) is 0 Å². The Morgan fingerprint density at radius 3 is 2.72 bits per heavy atom. The number of halogens is 3. The first kappa shape index (κ1) is 24.9. The van der Waals surface area contributed by atoms with Gasteiger partial charge in [0.05, 0.1) is 9.90 Å². The van der Waals surface area contributed by atoms with Crippen molar-refractivity contribution in [1.29, 1.82) is 0 Å². The van der Waals surface area contributed by atoms with Crippen LogP contribution in [-0.2, 0) is 6.61 Å². The minimum atomic E-state index is -0.729. The summed E-state index contributed by atoms with van der Waals surface area (Å²) in [5.41, 5.74) is 6.57. The maximum atomic E-state index is 14.1. The molecule has 0 radical (unpaired) electrons. The number of anilines is 1. The lowest BCUT2D eigenvalue weighted by molar-refractivity contribution is 0.0713. The van der Waals surface area contributed by atoms with Crippen LogP contribution in [0, 0.1) is 11.6 Å². The number of pyridine rings is 1. The zero-order valence-corrected chi connectivity index (χ0v) is 21.3. The lowest BCUT2D eigenvalue weighted by atomic mass is 10.2. The van der Waals surface area contributed by atoms with Gasteiger partial charge in [0.1, 0.15) is 18.2 Å². The lowest BCUT2D eigenvalue weighted by Crippen LogP contribution is -2.42. The number of thiophene rings is 1. The smallest absolute Gasteiger partial charge is 0.264 e. The second-order valence-electron chi connectivity index (χ2n) is 9.18. The number of nitrogens with zero attached hydrogens (tertiary/aromatic N) is 3. The maximum Gasteiger partial charge on any atom is 0.264 e. The number of benzene rings is 1. The number of likely N-dealkylation sites (tertiary alicyclic amines) is 2. The molecule has 1 unspecified atom stereocenters. The van der Waals surface area contributed by atoms with E-state index in [1.807, 2.05) is 17.0 Å². The normalized spacial score (nSPS) is 18.2. The van der Waals surface area contributed by atoms with Crippen molar-refractivity contribution < 1.29 is 18.3 Å². The number of aromatic nitrogens is 1. The molecule has 2 aliphatic rings. The molecule has 36 heavy (non-hydrogen) atoms. The van der Waals surface area contributed by atoms with Gasteiger partial charge >= 0.3 is 0 Å². The Morgan fingerprint density at radius 2 is 1.92 bits per heavy atom. The van der Waals surface area contributed by atoms with Crippen molar-refractivity contribution in [3.8, 4) is 16.2 Å². The van der Waals surface area contributed by atoms with Gasteiger partial charge in [0, 0.05) is 41.3 Å². The van der Waals surface area contributed by atoms with Crippen LogP contribution in [0.15, 0.2) is 36.5 Å². The Bertz CT molecular complexity index is 1260. The maximum absolute atomic E-state index is 14.1. The van der Waals surface area contributed by atoms with Crippen LogP contribution < -0.4 is 10.5 Å². The molecule has 0 bridgehead atoms. The molecule has 10 heteroatoms. The summed E-state index contributed by atoms with van der Waals surface area (Å²) in [5.74, 6) is -1.01. The largest absolute Gasteiger partial charge is 0.485 e. The van der Waals surface area contributed by atoms with Crippen molar-refractivity contribution in [2.45, 2.75) is 38.3 Å². The highest BCUT2D eigenvalue weighted by atomic mass is 35.5. The summed E-state index contributed by atoms with van der Waals surface area (Å²) in [7, 11) is 0. The predicted molar refractivity (Wildman–Crippen MR) is 137 cm³/mol. The second kappa shape index (κ2) is 10.7. The third-order valence-electron chi connectivity index (χ3n) is 6.80. The fraction of sp³-hybridized carbons (Fsp3) is 0.385. The van der Waals surface area contributed by atoms with E-state index in [0.29, 0.717) is 10.4 Å². The summed E-state index contributed by atoms with van der Waals surface area (Å²) in [4.78, 5) is 23.5. The topological polar surface area (TPSA) is 71.7 Å². The first-order valence-electron chi connectivity index (χ1n) is 12.0. The van der Waals surface area contributed by atoms with Crippen LogP contribution in [0.1, 0.15) is 40.9 Å². The number of carbonyl (C=O) groups excluding carboxylic acids is 1. The van der Waals surface area contributed by atoms with Crippen LogP contribution in [0.25, 0.3) is 10.4 Å². The molecular formula is C26H27ClF2N4O2S. The number of ether oxygens (including phenoxy) is 1. The summed E-state index contributed by atoms with van der Waals surface area (Å²) >= 11 is 7.29. The van der Waals surface area contributed by atoms with Crippen LogP contribution >= 0.6 is 22.9 Å². The number of nitrogens with two attached hydrogens (primary N) is 1. The van der Waals surface area contributed by atoms with E-state index < -0.39 is 11.6 Å². The van der Waals surface area contributed by atoms with Gasteiger partial charge in [0.15, 0.2) is 11.6 Å². The van der Waals surface area contributed by atoms with Crippen molar-refractivity contribution in [2.24, 2.45) is 0 Å². The molecule has 3 aromatic rings. The molecule has 2 saturated heterocycles. The first-order chi connectivity index (χ1) is 17.4. The molecule has 190 valence electrons. The molecule has 1 amide bonds. The van der Waals surface area contributed by atoms with E-state index in [2.05, 4.69) is 9.88 Å². The van der Waals surface area contributed by atoms with Crippen LogP contribution in [0.4, 0.5) is 14.6 Å². The fourth-order valence-electron chi connectivity index (χ4n) is 4.86. The average Bonchev–Trinajstić information content (AvgIpc) is 3.65. The predicted octanol–water partition coefficient (Wildman–Crippen LogP) is 5.60. The minimum absolute atomic E-state index is 0.0593. The highest BCUT2D eigenvalue weighted by Gasteiger charge is 2.32. The van der Waals surface area contributed by atoms with Crippen molar-refractivity contribution in [2.75, 3.05) is 31.9 Å². The molecule has 2 aromatic heterocycles. The molecule has 0 aliphatic carbocycles. The number of hydrogen-bond donors (Lipinski definition) is 1. The van der Waals surface area contributed by atoms with Crippen LogP contribution in [0.3, 0.4) is 0 Å². The number of carbonyl (C=O) groups is 1. The molecule has 2 N–H and O–H groups in total. The van der Waals surface area contributed by atoms with Gasteiger partial charge in [-0.3, -0.25) is 4.79 Å². The monoisotopic (exact) mass is 532 g/mol. The van der Waals surface area contributed by atoms with Gasteiger partial charge < -0.3 is 20.3 Å². The number of amides is 1. The van der Waals surface area contributed by atoms with Crippen molar-refractivity contribution in [3.05, 3.63) is 63.6 Å². The van der Waals surface area contributed by atoms with Gasteiger partial charge in [0.2, 0.25) is 0 Å². The average molecular weight is 533 g/mol. The minimum Gasteiger partial charge on any atom is -0.485 e. The summed E-state index contributed by atoms with van der Waals surface area (Å²) in [6.07, 6.45) is 6.14. The van der Waals surface area contributed by atoms with Crippen LogP contribution in [0.2, 0.25) is 5.02 Å². The summed E-state index contributed by atoms with van der Waals surface area (Å²) in [6, 6.07) is 7.62. The number of rotatable bonds is 7. The van der Waals surface area contributed by atoms with Crippen molar-refractivity contribution in [1.82, 2.24) is 14.8 Å². The van der Waals surface area contributed by atoms with Gasteiger partial charge in [0.25, 0.3) is 5.91 Å². The summed E-state index contributed by atoms with van der Waals surface area (Å²) in [6.45, 7) is 3.66. The van der Waals surface area contributed by atoms with E-state index in [-0.39, 0.29) is 40.7 Å². The van der Waals surface area contributed by atoms with Gasteiger partial charge in [-0.05, 0) is 69.1 Å². The second-order valence-corrected chi connectivity index (χ2v) is 10.6. The van der Waals surface area contributed by atoms with E-state index in [1.165, 1.54) is 24.2 Å². The number of nitrogen functional groups attached to an aromatic ring is 1. The molecule has 4 heterocycles. The SMILES string of the molecule is Nc1ncc(-c2ccc(C(=O)N3CCCC3CN3CCCC3)s2)cc1OCc1c(F)ccc(F)c1Cl. The zero-order valence-electron chi connectivity index (χ0n) is 19.7. The molecule has 2 fully saturated rings. The fourth-order valence-corrected chi connectivity index (χ4v) is 6.01.